The van der Waals surface area contributed by atoms with Crippen LogP contribution >= 0.6 is 11.3 Å². The van der Waals surface area contributed by atoms with Crippen LogP contribution in [0.1, 0.15) is 40.3 Å². The maximum Gasteiger partial charge on any atom is 0.271 e. The topological polar surface area (TPSA) is 43.6 Å². The van der Waals surface area contributed by atoms with E-state index in [0.29, 0.717) is 31.8 Å². The molecule has 1 aliphatic heterocycles. The van der Waals surface area contributed by atoms with Crippen LogP contribution in [0.3, 0.4) is 0 Å². The van der Waals surface area contributed by atoms with Gasteiger partial charge in [0.25, 0.3) is 5.56 Å². The summed E-state index contributed by atoms with van der Waals surface area (Å²) < 4.78 is 36.8. The van der Waals surface area contributed by atoms with Gasteiger partial charge >= 0.3 is 0 Å². The zero-order valence-electron chi connectivity index (χ0n) is 21.9. The van der Waals surface area contributed by atoms with E-state index in [2.05, 4.69) is 12.1 Å². The van der Waals surface area contributed by atoms with Crippen LogP contribution in [0.2, 0.25) is 0 Å². The molecule has 41 heavy (non-hydrogen) atoms. The Kier molecular flexibility index (Phi) is 6.44. The molecule has 2 heterocycles. The second-order valence-electron chi connectivity index (χ2n) is 10.1. The standard InChI is InChI=1S/C34H24F2N2O2S/c35-25-12-7-11-23(18-25)32-27-17-16-21-8-1-4-13-26(21)31(27)37-34-38(32)33(39)30(41-34)19-22-9-3-6-15-29(22)40-20-24-10-2-5-14-28(24)36/h1-15,18-19,32H,16-17,20H2/b30-19+. The highest BCUT2D eigenvalue weighted by Crippen LogP contribution is 2.41. The van der Waals surface area contributed by atoms with Crippen LogP contribution in [0.25, 0.3) is 11.8 Å². The molecule has 1 unspecified atom stereocenters. The predicted octanol–water partition coefficient (Wildman–Crippen LogP) is 6.18. The minimum Gasteiger partial charge on any atom is -0.488 e. The Morgan fingerprint density at radius 3 is 2.61 bits per heavy atom. The maximum absolute atomic E-state index is 14.5. The van der Waals surface area contributed by atoms with Crippen molar-refractivity contribution >= 4 is 23.1 Å². The predicted molar refractivity (Wildman–Crippen MR) is 156 cm³/mol. The molecule has 1 aromatic heterocycles. The lowest BCUT2D eigenvalue weighted by Crippen LogP contribution is -2.38. The van der Waals surface area contributed by atoms with Crippen LogP contribution in [-0.2, 0) is 13.0 Å². The van der Waals surface area contributed by atoms with E-state index in [9.17, 15) is 13.6 Å². The summed E-state index contributed by atoms with van der Waals surface area (Å²) in [6, 6.07) is 28.1. The molecule has 0 saturated carbocycles. The number of fused-ring (bicyclic) bond motifs is 3. The van der Waals surface area contributed by atoms with E-state index >= 15 is 0 Å². The summed E-state index contributed by atoms with van der Waals surface area (Å²) in [5.74, 6) is -0.140. The molecule has 5 aromatic rings. The largest absolute Gasteiger partial charge is 0.488 e. The first-order valence-electron chi connectivity index (χ1n) is 13.4. The molecule has 4 nitrogen and oxygen atoms in total. The van der Waals surface area contributed by atoms with Crippen molar-refractivity contribution in [3.63, 3.8) is 0 Å². The number of halogens is 2. The first-order valence-corrected chi connectivity index (χ1v) is 14.2. The van der Waals surface area contributed by atoms with Crippen molar-refractivity contribution in [1.29, 1.82) is 0 Å². The number of allylic oxidation sites excluding steroid dienone is 1. The molecule has 0 N–H and O–H groups in total. The van der Waals surface area contributed by atoms with E-state index in [1.165, 1.54) is 35.1 Å². The zero-order chi connectivity index (χ0) is 27.9. The highest BCUT2D eigenvalue weighted by Gasteiger charge is 2.32. The molecule has 7 heteroatoms. The van der Waals surface area contributed by atoms with Crippen LogP contribution in [0, 0.1) is 11.6 Å². The second kappa shape index (κ2) is 10.4. The van der Waals surface area contributed by atoms with Crippen molar-refractivity contribution in [3.05, 3.63) is 162 Å². The van der Waals surface area contributed by atoms with E-state index in [1.54, 1.807) is 41.0 Å². The Morgan fingerprint density at radius 1 is 0.927 bits per heavy atom. The number of hydrogen-bond donors (Lipinski definition) is 0. The molecule has 4 aromatic carbocycles. The third kappa shape index (κ3) is 4.62. The average molecular weight is 563 g/mol. The van der Waals surface area contributed by atoms with Gasteiger partial charge in [0, 0.05) is 16.7 Å². The van der Waals surface area contributed by atoms with Gasteiger partial charge in [-0.15, -0.1) is 0 Å². The fraction of sp³-hybridized carbons (Fsp3) is 0.118. The van der Waals surface area contributed by atoms with Gasteiger partial charge in [0.1, 0.15) is 24.0 Å². The summed E-state index contributed by atoms with van der Waals surface area (Å²) in [4.78, 5) is 19.6. The number of hydrogen-bond acceptors (Lipinski definition) is 4. The van der Waals surface area contributed by atoms with Gasteiger partial charge in [0.05, 0.1) is 16.3 Å². The van der Waals surface area contributed by atoms with E-state index < -0.39 is 6.04 Å². The molecular formula is C34H24F2N2O2S. The number of aryl methyl sites for hydroxylation is 1. The molecule has 0 saturated heterocycles. The van der Waals surface area contributed by atoms with Crippen molar-refractivity contribution in [1.82, 2.24) is 4.57 Å². The molecule has 0 fully saturated rings. The number of nitrogens with zero attached hydrogens (tertiary/aromatic N) is 2. The molecule has 2 aliphatic rings. The van der Waals surface area contributed by atoms with Crippen LogP contribution in [-0.4, -0.2) is 4.57 Å². The molecule has 0 spiro atoms. The molecule has 0 radical (unpaired) electrons. The highest BCUT2D eigenvalue weighted by molar-refractivity contribution is 7.07. The lowest BCUT2D eigenvalue weighted by Gasteiger charge is -2.30. The summed E-state index contributed by atoms with van der Waals surface area (Å²) in [5.41, 5.74) is 5.82. The van der Waals surface area contributed by atoms with Crippen LogP contribution in [0.15, 0.2) is 112 Å². The molecule has 7 rings (SSSR count). The zero-order valence-corrected chi connectivity index (χ0v) is 22.7. The van der Waals surface area contributed by atoms with E-state index in [0.717, 1.165) is 29.7 Å². The number of aromatic nitrogens is 1. The molecule has 1 atom stereocenters. The minimum absolute atomic E-state index is 0.0600. The van der Waals surface area contributed by atoms with Crippen molar-refractivity contribution in [2.45, 2.75) is 25.5 Å². The van der Waals surface area contributed by atoms with Crippen LogP contribution < -0.4 is 19.6 Å². The van der Waals surface area contributed by atoms with Crippen molar-refractivity contribution in [2.24, 2.45) is 4.99 Å². The monoisotopic (exact) mass is 562 g/mol. The van der Waals surface area contributed by atoms with Gasteiger partial charge in [-0.3, -0.25) is 9.36 Å². The normalized spacial score (nSPS) is 16.0. The SMILES string of the molecule is O=c1/c(=C\c2ccccc2OCc2ccccc2F)sc2n1C(c1cccc(F)c1)C1=C(N=2)c2ccccc2CC1. The fourth-order valence-electron chi connectivity index (χ4n) is 5.64. The Balaban J connectivity index is 1.37. The number of benzene rings is 4. The van der Waals surface area contributed by atoms with Crippen LogP contribution in [0.4, 0.5) is 8.78 Å². The van der Waals surface area contributed by atoms with Gasteiger partial charge in [-0.25, -0.2) is 13.8 Å². The van der Waals surface area contributed by atoms with Gasteiger partial charge in [-0.2, -0.15) is 0 Å². The summed E-state index contributed by atoms with van der Waals surface area (Å²) in [5, 5.41) is 0. The number of rotatable bonds is 5. The van der Waals surface area contributed by atoms with E-state index in [-0.39, 0.29) is 23.8 Å². The Hall–Kier alpha value is -4.62. The number of para-hydroxylation sites is 1. The van der Waals surface area contributed by atoms with Crippen molar-refractivity contribution in [2.75, 3.05) is 0 Å². The van der Waals surface area contributed by atoms with Crippen molar-refractivity contribution < 1.29 is 13.5 Å². The lowest BCUT2D eigenvalue weighted by molar-refractivity contribution is 0.299. The molecular weight excluding hydrogens is 538 g/mol. The Bertz CT molecular complexity index is 2030. The van der Waals surface area contributed by atoms with Crippen molar-refractivity contribution in [3.8, 4) is 5.75 Å². The smallest absolute Gasteiger partial charge is 0.271 e. The number of ether oxygens (including phenoxy) is 1. The van der Waals surface area contributed by atoms with Crippen LogP contribution in [0.5, 0.6) is 5.75 Å². The van der Waals surface area contributed by atoms with E-state index in [4.69, 9.17) is 9.73 Å². The molecule has 1 aliphatic carbocycles. The lowest BCUT2D eigenvalue weighted by atomic mass is 9.83. The van der Waals surface area contributed by atoms with Gasteiger partial charge in [-0.1, -0.05) is 84.1 Å². The van der Waals surface area contributed by atoms with E-state index in [1.807, 2.05) is 36.4 Å². The van der Waals surface area contributed by atoms with Gasteiger partial charge < -0.3 is 4.74 Å². The summed E-state index contributed by atoms with van der Waals surface area (Å²) >= 11 is 1.30. The Labute approximate surface area is 238 Å². The number of thiazole rings is 1. The summed E-state index contributed by atoms with van der Waals surface area (Å²) in [6.45, 7) is 0.0600. The molecule has 0 amide bonds. The highest BCUT2D eigenvalue weighted by atomic mass is 32.1. The molecule has 0 bridgehead atoms. The van der Waals surface area contributed by atoms with Gasteiger partial charge in [0.2, 0.25) is 0 Å². The van der Waals surface area contributed by atoms with Gasteiger partial charge in [-0.05, 0) is 59.9 Å². The first kappa shape index (κ1) is 25.4. The third-order valence-electron chi connectivity index (χ3n) is 7.58. The minimum atomic E-state index is -0.458. The first-order chi connectivity index (χ1) is 20.1. The molecule has 202 valence electrons. The average Bonchev–Trinajstić information content (AvgIpc) is 3.30. The third-order valence-corrected chi connectivity index (χ3v) is 8.57. The maximum atomic E-state index is 14.5. The summed E-state index contributed by atoms with van der Waals surface area (Å²) in [6.07, 6.45) is 3.35. The quantitative estimate of drug-likeness (QED) is 0.257. The van der Waals surface area contributed by atoms with Gasteiger partial charge in [0.15, 0.2) is 4.80 Å². The Morgan fingerprint density at radius 2 is 1.73 bits per heavy atom. The summed E-state index contributed by atoms with van der Waals surface area (Å²) in [7, 11) is 0. The fourth-order valence-corrected chi connectivity index (χ4v) is 6.63. The second-order valence-corrected chi connectivity index (χ2v) is 11.1.